The summed E-state index contributed by atoms with van der Waals surface area (Å²) in [5, 5.41) is 2.90. The molecule has 0 spiro atoms. The molecule has 6 nitrogen and oxygen atoms in total. The molecule has 0 saturated heterocycles. The number of benzene rings is 1. The van der Waals surface area contributed by atoms with Crippen molar-refractivity contribution in [1.29, 1.82) is 0 Å². The van der Waals surface area contributed by atoms with Gasteiger partial charge in [0.15, 0.2) is 5.96 Å². The number of aliphatic imine (C=N–C) groups is 1. The molecule has 0 aromatic heterocycles. The van der Waals surface area contributed by atoms with Crippen LogP contribution in [0.3, 0.4) is 0 Å². The van der Waals surface area contributed by atoms with Gasteiger partial charge in [-0.05, 0) is 19.1 Å². The standard InChI is InChI=1S/C11H18N4O2S.HI/c1-2-18(16,17)14-9-8-13-11(12)15-10-6-4-3-5-7-10;/h3-7,14H,2,8-9H2,1H3,(H3,12,13,15);1H. The zero-order chi connectivity index (χ0) is 13.4. The van der Waals surface area contributed by atoms with Crippen molar-refractivity contribution in [3.05, 3.63) is 30.3 Å². The molecule has 0 unspecified atom stereocenters. The van der Waals surface area contributed by atoms with Gasteiger partial charge in [0.2, 0.25) is 10.0 Å². The molecule has 1 aromatic carbocycles. The fourth-order valence-corrected chi connectivity index (χ4v) is 1.79. The molecule has 8 heteroatoms. The van der Waals surface area contributed by atoms with E-state index in [2.05, 4.69) is 15.0 Å². The first-order valence-electron chi connectivity index (χ1n) is 5.63. The van der Waals surface area contributed by atoms with Crippen LogP contribution in [0.2, 0.25) is 0 Å². The molecule has 108 valence electrons. The van der Waals surface area contributed by atoms with Crippen LogP contribution in [0.5, 0.6) is 0 Å². The van der Waals surface area contributed by atoms with Crippen LogP contribution in [0.4, 0.5) is 5.69 Å². The highest BCUT2D eigenvalue weighted by molar-refractivity contribution is 14.0. The Bertz CT molecular complexity index is 491. The van der Waals surface area contributed by atoms with E-state index >= 15 is 0 Å². The summed E-state index contributed by atoms with van der Waals surface area (Å²) in [6, 6.07) is 9.39. The van der Waals surface area contributed by atoms with E-state index in [0.29, 0.717) is 6.54 Å². The van der Waals surface area contributed by atoms with E-state index in [1.165, 1.54) is 0 Å². The average molecular weight is 398 g/mol. The molecule has 0 atom stereocenters. The summed E-state index contributed by atoms with van der Waals surface area (Å²) in [6.07, 6.45) is 0. The van der Waals surface area contributed by atoms with Crippen molar-refractivity contribution in [3.63, 3.8) is 0 Å². The van der Waals surface area contributed by atoms with Gasteiger partial charge in [-0.2, -0.15) is 0 Å². The normalized spacial score (nSPS) is 11.7. The van der Waals surface area contributed by atoms with Gasteiger partial charge in [0.1, 0.15) is 0 Å². The minimum Gasteiger partial charge on any atom is -0.370 e. The minimum absolute atomic E-state index is 0. The van der Waals surface area contributed by atoms with Crippen LogP contribution in [0, 0.1) is 0 Å². The van der Waals surface area contributed by atoms with Crippen LogP contribution in [-0.4, -0.2) is 33.2 Å². The topological polar surface area (TPSA) is 96.6 Å². The first-order valence-corrected chi connectivity index (χ1v) is 7.28. The third-order valence-electron chi connectivity index (χ3n) is 2.14. The molecule has 0 aliphatic heterocycles. The van der Waals surface area contributed by atoms with Gasteiger partial charge in [-0.1, -0.05) is 18.2 Å². The maximum atomic E-state index is 11.1. The van der Waals surface area contributed by atoms with Crippen molar-refractivity contribution in [2.45, 2.75) is 6.92 Å². The maximum Gasteiger partial charge on any atom is 0.211 e. The summed E-state index contributed by atoms with van der Waals surface area (Å²) < 4.78 is 24.7. The summed E-state index contributed by atoms with van der Waals surface area (Å²) in [6.45, 7) is 2.12. The second kappa shape index (κ2) is 9.10. The third-order valence-corrected chi connectivity index (χ3v) is 3.55. The molecule has 1 rings (SSSR count). The van der Waals surface area contributed by atoms with Crippen molar-refractivity contribution in [3.8, 4) is 0 Å². The Morgan fingerprint density at radius 2 is 1.95 bits per heavy atom. The average Bonchev–Trinajstić information content (AvgIpc) is 2.36. The van der Waals surface area contributed by atoms with E-state index in [1.807, 2.05) is 30.3 Å². The Hall–Kier alpha value is -0.870. The van der Waals surface area contributed by atoms with Crippen LogP contribution < -0.4 is 15.8 Å². The highest BCUT2D eigenvalue weighted by Gasteiger charge is 2.03. The number of para-hydroxylation sites is 1. The third kappa shape index (κ3) is 8.01. The van der Waals surface area contributed by atoms with Gasteiger partial charge in [-0.25, -0.2) is 13.1 Å². The van der Waals surface area contributed by atoms with Crippen LogP contribution in [-0.2, 0) is 10.0 Å². The number of hydrogen-bond donors (Lipinski definition) is 3. The first-order chi connectivity index (χ1) is 8.53. The maximum absolute atomic E-state index is 11.1. The lowest BCUT2D eigenvalue weighted by Crippen LogP contribution is -2.29. The second-order valence-electron chi connectivity index (χ2n) is 3.56. The highest BCUT2D eigenvalue weighted by atomic mass is 127. The summed E-state index contributed by atoms with van der Waals surface area (Å²) in [7, 11) is -3.16. The molecule has 0 saturated carbocycles. The lowest BCUT2D eigenvalue weighted by Gasteiger charge is -2.05. The Kier molecular flexibility index (Phi) is 8.68. The van der Waals surface area contributed by atoms with Crippen LogP contribution in [0.15, 0.2) is 35.3 Å². The summed E-state index contributed by atoms with van der Waals surface area (Å²) >= 11 is 0. The number of nitrogens with two attached hydrogens (primary N) is 1. The van der Waals surface area contributed by atoms with Gasteiger partial charge < -0.3 is 11.1 Å². The lowest BCUT2D eigenvalue weighted by atomic mass is 10.3. The summed E-state index contributed by atoms with van der Waals surface area (Å²) in [4.78, 5) is 4.01. The number of nitrogens with one attached hydrogen (secondary N) is 2. The van der Waals surface area contributed by atoms with E-state index in [0.717, 1.165) is 5.69 Å². The van der Waals surface area contributed by atoms with Gasteiger partial charge in [0, 0.05) is 12.2 Å². The fourth-order valence-electron chi connectivity index (χ4n) is 1.19. The van der Waals surface area contributed by atoms with E-state index in [-0.39, 0.29) is 42.2 Å². The SMILES string of the molecule is CCS(=O)(=O)NCCN=C(N)Nc1ccccc1.I. The van der Waals surface area contributed by atoms with E-state index in [9.17, 15) is 8.42 Å². The van der Waals surface area contributed by atoms with Crippen molar-refractivity contribution in [1.82, 2.24) is 4.72 Å². The number of halogens is 1. The molecule has 0 bridgehead atoms. The van der Waals surface area contributed by atoms with Crippen LogP contribution >= 0.6 is 24.0 Å². The quantitative estimate of drug-likeness (QED) is 0.288. The lowest BCUT2D eigenvalue weighted by molar-refractivity contribution is 0.583. The Morgan fingerprint density at radius 1 is 1.32 bits per heavy atom. The molecular weight excluding hydrogens is 379 g/mol. The Morgan fingerprint density at radius 3 is 2.53 bits per heavy atom. The smallest absolute Gasteiger partial charge is 0.211 e. The Balaban J connectivity index is 0.00000324. The van der Waals surface area contributed by atoms with Crippen molar-refractivity contribution < 1.29 is 8.42 Å². The molecule has 0 aliphatic rings. The summed E-state index contributed by atoms with van der Waals surface area (Å²) in [5.41, 5.74) is 6.49. The molecular formula is C11H19IN4O2S. The van der Waals surface area contributed by atoms with Gasteiger partial charge in [-0.3, -0.25) is 4.99 Å². The zero-order valence-corrected chi connectivity index (χ0v) is 13.8. The second-order valence-corrected chi connectivity index (χ2v) is 5.65. The monoisotopic (exact) mass is 398 g/mol. The molecule has 4 N–H and O–H groups in total. The molecule has 0 heterocycles. The fraction of sp³-hybridized carbons (Fsp3) is 0.364. The molecule has 19 heavy (non-hydrogen) atoms. The van der Waals surface area contributed by atoms with Crippen LogP contribution in [0.1, 0.15) is 6.92 Å². The predicted octanol–water partition coefficient (Wildman–Crippen LogP) is 0.971. The van der Waals surface area contributed by atoms with Gasteiger partial charge in [0.05, 0.1) is 12.3 Å². The largest absolute Gasteiger partial charge is 0.370 e. The number of sulfonamides is 1. The van der Waals surface area contributed by atoms with Gasteiger partial charge in [-0.15, -0.1) is 24.0 Å². The molecule has 0 aliphatic carbocycles. The Labute approximate surface area is 130 Å². The number of guanidine groups is 1. The first kappa shape index (κ1) is 18.1. The number of rotatable bonds is 6. The van der Waals surface area contributed by atoms with Crippen molar-refractivity contribution >= 4 is 45.6 Å². The van der Waals surface area contributed by atoms with Crippen molar-refractivity contribution in [2.75, 3.05) is 24.2 Å². The number of nitrogens with zero attached hydrogens (tertiary/aromatic N) is 1. The predicted molar refractivity (Wildman–Crippen MR) is 89.4 cm³/mol. The van der Waals surface area contributed by atoms with E-state index in [4.69, 9.17) is 5.73 Å². The molecule has 0 fully saturated rings. The molecule has 0 amide bonds. The minimum atomic E-state index is -3.16. The van der Waals surface area contributed by atoms with Crippen LogP contribution in [0.25, 0.3) is 0 Å². The van der Waals surface area contributed by atoms with Gasteiger partial charge in [0.25, 0.3) is 0 Å². The number of anilines is 1. The highest BCUT2D eigenvalue weighted by Crippen LogP contribution is 2.03. The number of hydrogen-bond acceptors (Lipinski definition) is 3. The zero-order valence-electron chi connectivity index (χ0n) is 10.7. The van der Waals surface area contributed by atoms with E-state index in [1.54, 1.807) is 6.92 Å². The molecule has 1 aromatic rings. The van der Waals surface area contributed by atoms with Gasteiger partial charge >= 0.3 is 0 Å². The van der Waals surface area contributed by atoms with E-state index < -0.39 is 10.0 Å². The molecule has 0 radical (unpaired) electrons. The summed E-state index contributed by atoms with van der Waals surface area (Å²) in [5.74, 6) is 0.325. The van der Waals surface area contributed by atoms with Crippen molar-refractivity contribution in [2.24, 2.45) is 10.7 Å².